The molecule has 0 unspecified atom stereocenters. The van der Waals surface area contributed by atoms with Gasteiger partial charge in [0.15, 0.2) is 11.5 Å². The first-order valence-corrected chi connectivity index (χ1v) is 5.98. The minimum atomic E-state index is -0.410. The van der Waals surface area contributed by atoms with Crippen molar-refractivity contribution >= 4 is 11.9 Å². The normalized spacial score (nSPS) is 10.7. The third-order valence-electron chi connectivity index (χ3n) is 2.57. The van der Waals surface area contributed by atoms with Gasteiger partial charge in [0.1, 0.15) is 0 Å². The largest absolute Gasteiger partial charge is 0.459 e. The maximum Gasteiger partial charge on any atom is 0.322 e. The number of aryl methyl sites for hydroxylation is 1. The van der Waals surface area contributed by atoms with Crippen LogP contribution < -0.4 is 5.32 Å². The number of aromatic nitrogens is 4. The number of nitrogens with zero attached hydrogens (tertiary/aromatic N) is 4. The molecule has 0 fully saturated rings. The number of rotatable bonds is 4. The minimum Gasteiger partial charge on any atom is -0.459 e. The van der Waals surface area contributed by atoms with E-state index in [2.05, 4.69) is 20.6 Å². The lowest BCUT2D eigenvalue weighted by Crippen LogP contribution is -2.13. The van der Waals surface area contributed by atoms with E-state index in [0.717, 1.165) is 0 Å². The summed E-state index contributed by atoms with van der Waals surface area (Å²) in [7, 11) is 0. The molecule has 3 heterocycles. The molecule has 0 aromatic carbocycles. The summed E-state index contributed by atoms with van der Waals surface area (Å²) in [6.45, 7) is 2.62. The van der Waals surface area contributed by atoms with Crippen LogP contribution in [-0.4, -0.2) is 25.9 Å². The van der Waals surface area contributed by atoms with Crippen LogP contribution in [-0.2, 0) is 6.54 Å². The zero-order valence-corrected chi connectivity index (χ0v) is 10.6. The van der Waals surface area contributed by atoms with Gasteiger partial charge < -0.3 is 8.83 Å². The highest BCUT2D eigenvalue weighted by molar-refractivity contribution is 6.01. The van der Waals surface area contributed by atoms with Crippen molar-refractivity contribution in [2.45, 2.75) is 13.5 Å². The molecule has 0 spiro atoms. The molecule has 0 aliphatic rings. The van der Waals surface area contributed by atoms with Crippen molar-refractivity contribution in [3.63, 3.8) is 0 Å². The molecule has 0 radical (unpaired) electrons. The molecule has 0 bridgehead atoms. The van der Waals surface area contributed by atoms with E-state index < -0.39 is 5.91 Å². The molecule has 1 N–H and O–H groups in total. The van der Waals surface area contributed by atoms with Gasteiger partial charge in [0, 0.05) is 12.7 Å². The lowest BCUT2D eigenvalue weighted by molar-refractivity contribution is 0.101. The van der Waals surface area contributed by atoms with Gasteiger partial charge in [0.2, 0.25) is 0 Å². The van der Waals surface area contributed by atoms with Gasteiger partial charge in [0.25, 0.3) is 11.8 Å². The Hall–Kier alpha value is -2.90. The van der Waals surface area contributed by atoms with Crippen molar-refractivity contribution in [3.05, 3.63) is 36.4 Å². The predicted molar refractivity (Wildman–Crippen MR) is 67.9 cm³/mol. The fourth-order valence-corrected chi connectivity index (χ4v) is 1.59. The summed E-state index contributed by atoms with van der Waals surface area (Å²) < 4.78 is 12.0. The van der Waals surface area contributed by atoms with Gasteiger partial charge in [-0.2, -0.15) is 5.10 Å². The molecule has 1 amide bonds. The summed E-state index contributed by atoms with van der Waals surface area (Å²) in [5.41, 5.74) is 0.282. The van der Waals surface area contributed by atoms with Crippen LogP contribution in [0.1, 0.15) is 17.4 Å². The zero-order valence-electron chi connectivity index (χ0n) is 10.6. The number of carbonyl (C=O) groups excluding carboxylic acids is 1. The molecule has 8 nitrogen and oxygen atoms in total. The monoisotopic (exact) mass is 273 g/mol. The van der Waals surface area contributed by atoms with Crippen LogP contribution in [0, 0.1) is 0 Å². The highest BCUT2D eigenvalue weighted by Crippen LogP contribution is 2.19. The minimum absolute atomic E-state index is 0.00699. The summed E-state index contributed by atoms with van der Waals surface area (Å²) in [5, 5.41) is 14.1. The van der Waals surface area contributed by atoms with Crippen molar-refractivity contribution in [2.24, 2.45) is 0 Å². The number of carbonyl (C=O) groups is 1. The average Bonchev–Trinajstić information content (AvgIpc) is 3.19. The lowest BCUT2D eigenvalue weighted by atomic mass is 10.4. The first kappa shape index (κ1) is 12.2. The highest BCUT2D eigenvalue weighted by atomic mass is 16.4. The van der Waals surface area contributed by atoms with Crippen molar-refractivity contribution in [3.8, 4) is 11.7 Å². The summed E-state index contributed by atoms with van der Waals surface area (Å²) in [6.07, 6.45) is 3.21. The summed E-state index contributed by atoms with van der Waals surface area (Å²) in [4.78, 5) is 11.9. The van der Waals surface area contributed by atoms with E-state index in [0.29, 0.717) is 12.3 Å². The van der Waals surface area contributed by atoms with Gasteiger partial charge >= 0.3 is 6.01 Å². The van der Waals surface area contributed by atoms with Gasteiger partial charge in [-0.3, -0.25) is 14.8 Å². The Morgan fingerprint density at radius 1 is 1.40 bits per heavy atom. The topological polar surface area (TPSA) is 99.0 Å². The van der Waals surface area contributed by atoms with Gasteiger partial charge in [-0.25, -0.2) is 0 Å². The maximum absolute atomic E-state index is 11.9. The molecule has 0 atom stereocenters. The second-order valence-electron chi connectivity index (χ2n) is 3.90. The highest BCUT2D eigenvalue weighted by Gasteiger charge is 2.15. The van der Waals surface area contributed by atoms with Crippen molar-refractivity contribution in [2.75, 3.05) is 5.32 Å². The van der Waals surface area contributed by atoms with Crippen LogP contribution in [0.4, 0.5) is 6.01 Å². The van der Waals surface area contributed by atoms with E-state index in [4.69, 9.17) is 8.83 Å². The molecule has 0 aliphatic heterocycles. The third-order valence-corrected chi connectivity index (χ3v) is 2.57. The first-order chi connectivity index (χ1) is 9.76. The van der Waals surface area contributed by atoms with E-state index in [1.807, 2.05) is 6.92 Å². The van der Waals surface area contributed by atoms with Gasteiger partial charge in [-0.15, -0.1) is 5.10 Å². The van der Waals surface area contributed by atoms with Crippen molar-refractivity contribution in [1.29, 1.82) is 0 Å². The molecule has 102 valence electrons. The van der Waals surface area contributed by atoms with E-state index in [1.54, 1.807) is 29.1 Å². The maximum atomic E-state index is 11.9. The molecule has 8 heteroatoms. The Labute approximate surface area is 113 Å². The van der Waals surface area contributed by atoms with Crippen LogP contribution in [0.25, 0.3) is 11.7 Å². The van der Waals surface area contributed by atoms with E-state index in [1.165, 1.54) is 6.26 Å². The van der Waals surface area contributed by atoms with E-state index >= 15 is 0 Å². The Bertz CT molecular complexity index is 713. The van der Waals surface area contributed by atoms with Crippen molar-refractivity contribution < 1.29 is 13.6 Å². The van der Waals surface area contributed by atoms with Crippen LogP contribution in [0.15, 0.2) is 39.5 Å². The van der Waals surface area contributed by atoms with Crippen LogP contribution in [0.2, 0.25) is 0 Å². The lowest BCUT2D eigenvalue weighted by Gasteiger charge is -1.96. The van der Waals surface area contributed by atoms with Crippen LogP contribution in [0.5, 0.6) is 0 Å². The van der Waals surface area contributed by atoms with Gasteiger partial charge in [0.05, 0.1) is 6.26 Å². The van der Waals surface area contributed by atoms with Crippen molar-refractivity contribution in [1.82, 2.24) is 20.0 Å². The molecular weight excluding hydrogens is 262 g/mol. The number of anilines is 1. The number of hydrogen-bond acceptors (Lipinski definition) is 6. The predicted octanol–water partition coefficient (Wildman–Crippen LogP) is 1.80. The summed E-state index contributed by atoms with van der Waals surface area (Å²) in [5.74, 6) is 0.226. The summed E-state index contributed by atoms with van der Waals surface area (Å²) in [6, 6.07) is 4.99. The second kappa shape index (κ2) is 5.00. The number of furan rings is 1. The fraction of sp³-hybridized carbons (Fsp3) is 0.167. The smallest absolute Gasteiger partial charge is 0.322 e. The summed E-state index contributed by atoms with van der Waals surface area (Å²) >= 11 is 0. The van der Waals surface area contributed by atoms with Crippen LogP contribution >= 0.6 is 0 Å². The third kappa shape index (κ3) is 2.30. The molecule has 3 rings (SSSR count). The quantitative estimate of drug-likeness (QED) is 0.778. The molecule has 0 aliphatic carbocycles. The molecule has 0 saturated carbocycles. The number of amides is 1. The molecular formula is C12H11N5O3. The molecule has 20 heavy (non-hydrogen) atoms. The number of hydrogen-bond donors (Lipinski definition) is 1. The Morgan fingerprint density at radius 2 is 2.30 bits per heavy atom. The van der Waals surface area contributed by atoms with Gasteiger partial charge in [-0.05, 0) is 25.1 Å². The molecule has 0 saturated heterocycles. The average molecular weight is 273 g/mol. The van der Waals surface area contributed by atoms with Crippen LogP contribution in [0.3, 0.4) is 0 Å². The van der Waals surface area contributed by atoms with Gasteiger partial charge in [-0.1, -0.05) is 5.10 Å². The van der Waals surface area contributed by atoms with E-state index in [-0.39, 0.29) is 17.6 Å². The number of nitrogens with one attached hydrogen (secondary N) is 1. The SMILES string of the molecule is CCn1ccc(C(=O)Nc2nnc(-c3ccco3)o2)n1. The second-order valence-corrected chi connectivity index (χ2v) is 3.90. The molecule has 3 aromatic heterocycles. The standard InChI is InChI=1S/C12H11N5O3/c1-2-17-6-5-8(16-17)10(18)13-12-15-14-11(20-12)9-4-3-7-19-9/h3-7H,2H2,1H3,(H,13,15,18). The fourth-order valence-electron chi connectivity index (χ4n) is 1.59. The Balaban J connectivity index is 1.73. The Morgan fingerprint density at radius 3 is 3.00 bits per heavy atom. The zero-order chi connectivity index (χ0) is 13.9. The first-order valence-electron chi connectivity index (χ1n) is 5.98. The Kier molecular flexibility index (Phi) is 3.04. The van der Waals surface area contributed by atoms with E-state index in [9.17, 15) is 4.79 Å². The molecule has 3 aromatic rings.